The van der Waals surface area contributed by atoms with Gasteiger partial charge in [0.25, 0.3) is 0 Å². The smallest absolute Gasteiger partial charge is 0.0471 e. The minimum absolute atomic E-state index is 0.555. The molecule has 0 aromatic heterocycles. The molecule has 0 aliphatic carbocycles. The molecule has 2 aliphatic rings. The molecule has 100 valence electrons. The highest BCUT2D eigenvalue weighted by atomic mass is 16.5. The van der Waals surface area contributed by atoms with Gasteiger partial charge in [-0.2, -0.15) is 0 Å². The maximum atomic E-state index is 5.98. The van der Waals surface area contributed by atoms with Gasteiger partial charge in [0.05, 0.1) is 0 Å². The fourth-order valence-electron chi connectivity index (χ4n) is 3.48. The maximum absolute atomic E-state index is 5.98. The van der Waals surface area contributed by atoms with E-state index in [9.17, 15) is 0 Å². The highest BCUT2D eigenvalue weighted by molar-refractivity contribution is 4.94. The van der Waals surface area contributed by atoms with Crippen molar-refractivity contribution in [2.45, 2.75) is 45.6 Å². The second kappa shape index (κ2) is 5.68. The Labute approximate surface area is 106 Å². The number of ether oxygens (including phenoxy) is 1. The van der Waals surface area contributed by atoms with Crippen LogP contribution >= 0.6 is 0 Å². The third-order valence-corrected chi connectivity index (χ3v) is 5.03. The van der Waals surface area contributed by atoms with Crippen molar-refractivity contribution in [1.82, 2.24) is 4.90 Å². The Bertz CT molecular complexity index is 238. The first-order valence-electron chi connectivity index (χ1n) is 7.22. The first-order chi connectivity index (χ1) is 8.21. The van der Waals surface area contributed by atoms with E-state index < -0.39 is 0 Å². The molecule has 2 heterocycles. The van der Waals surface area contributed by atoms with E-state index in [1.165, 1.54) is 38.8 Å². The lowest BCUT2D eigenvalue weighted by molar-refractivity contribution is 0.0156. The zero-order chi connectivity index (χ0) is 12.3. The van der Waals surface area contributed by atoms with Crippen molar-refractivity contribution in [3.63, 3.8) is 0 Å². The lowest BCUT2D eigenvalue weighted by Gasteiger charge is -2.36. The summed E-state index contributed by atoms with van der Waals surface area (Å²) in [4.78, 5) is 2.65. The van der Waals surface area contributed by atoms with Crippen LogP contribution in [-0.2, 0) is 4.74 Å². The van der Waals surface area contributed by atoms with Crippen molar-refractivity contribution in [3.05, 3.63) is 0 Å². The van der Waals surface area contributed by atoms with Crippen molar-refractivity contribution in [3.8, 4) is 0 Å². The van der Waals surface area contributed by atoms with E-state index in [-0.39, 0.29) is 0 Å². The molecule has 0 radical (unpaired) electrons. The van der Waals surface area contributed by atoms with Crippen molar-refractivity contribution in [1.29, 1.82) is 0 Å². The quantitative estimate of drug-likeness (QED) is 0.815. The molecule has 2 unspecified atom stereocenters. The molecular weight excluding hydrogens is 212 g/mol. The van der Waals surface area contributed by atoms with Crippen molar-refractivity contribution in [2.24, 2.45) is 17.1 Å². The van der Waals surface area contributed by atoms with E-state index >= 15 is 0 Å². The van der Waals surface area contributed by atoms with Gasteiger partial charge in [0.2, 0.25) is 0 Å². The third kappa shape index (κ3) is 2.83. The zero-order valence-electron chi connectivity index (χ0n) is 11.5. The molecule has 0 saturated carbocycles. The number of hydrogen-bond acceptors (Lipinski definition) is 3. The van der Waals surface area contributed by atoms with Gasteiger partial charge in [-0.15, -0.1) is 0 Å². The Morgan fingerprint density at radius 3 is 2.59 bits per heavy atom. The highest BCUT2D eigenvalue weighted by Crippen LogP contribution is 2.41. The molecule has 2 aliphatic heterocycles. The molecule has 17 heavy (non-hydrogen) atoms. The van der Waals surface area contributed by atoms with Crippen molar-refractivity contribution in [2.75, 3.05) is 32.8 Å². The lowest BCUT2D eigenvalue weighted by atomic mass is 9.79. The Morgan fingerprint density at radius 2 is 2.00 bits per heavy atom. The predicted octanol–water partition coefficient (Wildman–Crippen LogP) is 1.86. The zero-order valence-corrected chi connectivity index (χ0v) is 11.5. The van der Waals surface area contributed by atoms with E-state index in [0.717, 1.165) is 25.7 Å². The van der Waals surface area contributed by atoms with Crippen LogP contribution in [0, 0.1) is 11.3 Å². The Morgan fingerprint density at radius 1 is 1.29 bits per heavy atom. The van der Waals surface area contributed by atoms with Gasteiger partial charge in [-0.25, -0.2) is 0 Å². The van der Waals surface area contributed by atoms with Gasteiger partial charge < -0.3 is 10.5 Å². The van der Waals surface area contributed by atoms with E-state index in [4.69, 9.17) is 10.5 Å². The monoisotopic (exact) mass is 240 g/mol. The van der Waals surface area contributed by atoms with Gasteiger partial charge >= 0.3 is 0 Å². The van der Waals surface area contributed by atoms with Gasteiger partial charge in [0.1, 0.15) is 0 Å². The summed E-state index contributed by atoms with van der Waals surface area (Å²) in [6.07, 6.45) is 5.08. The SMILES string of the molecule is CCC(C)C(CN)N1CCC2(CCOCC2)C1. The van der Waals surface area contributed by atoms with Crippen LogP contribution in [0.25, 0.3) is 0 Å². The molecule has 2 saturated heterocycles. The van der Waals surface area contributed by atoms with Crippen molar-refractivity contribution < 1.29 is 4.74 Å². The Kier molecular flexibility index (Phi) is 4.45. The fraction of sp³-hybridized carbons (Fsp3) is 1.00. The number of likely N-dealkylation sites (tertiary alicyclic amines) is 1. The van der Waals surface area contributed by atoms with E-state index in [1.54, 1.807) is 0 Å². The van der Waals surface area contributed by atoms with E-state index in [0.29, 0.717) is 11.5 Å². The molecular formula is C14H28N2O. The molecule has 0 aromatic rings. The summed E-state index contributed by atoms with van der Waals surface area (Å²) in [6.45, 7) is 9.84. The van der Waals surface area contributed by atoms with Crippen LogP contribution in [0.4, 0.5) is 0 Å². The highest BCUT2D eigenvalue weighted by Gasteiger charge is 2.41. The predicted molar refractivity (Wildman–Crippen MR) is 71.0 cm³/mol. The largest absolute Gasteiger partial charge is 0.381 e. The first-order valence-corrected chi connectivity index (χ1v) is 7.22. The van der Waals surface area contributed by atoms with Crippen molar-refractivity contribution >= 4 is 0 Å². The minimum Gasteiger partial charge on any atom is -0.381 e. The molecule has 2 atom stereocenters. The van der Waals surface area contributed by atoms with Gasteiger partial charge in [-0.05, 0) is 37.1 Å². The number of hydrogen-bond donors (Lipinski definition) is 1. The van der Waals surface area contributed by atoms with Gasteiger partial charge in [-0.1, -0.05) is 20.3 Å². The van der Waals surface area contributed by atoms with Gasteiger partial charge in [0, 0.05) is 32.3 Å². The van der Waals surface area contributed by atoms with Crippen LogP contribution in [0.1, 0.15) is 39.5 Å². The standard InChI is InChI=1S/C14H28N2O/c1-3-12(2)13(10-15)16-7-4-14(11-16)5-8-17-9-6-14/h12-13H,3-11,15H2,1-2H3. The summed E-state index contributed by atoms with van der Waals surface area (Å²) in [7, 11) is 0. The third-order valence-electron chi connectivity index (χ3n) is 5.03. The van der Waals surface area contributed by atoms with E-state index in [2.05, 4.69) is 18.7 Å². The molecule has 0 amide bonds. The summed E-state index contributed by atoms with van der Waals surface area (Å²) < 4.78 is 5.50. The topological polar surface area (TPSA) is 38.5 Å². The molecule has 2 N–H and O–H groups in total. The number of nitrogens with two attached hydrogens (primary N) is 1. The first kappa shape index (κ1) is 13.3. The van der Waals surface area contributed by atoms with Gasteiger partial charge in [0.15, 0.2) is 0 Å². The second-order valence-corrected chi connectivity index (χ2v) is 6.02. The molecule has 1 spiro atoms. The molecule has 2 fully saturated rings. The number of nitrogens with zero attached hydrogens (tertiary/aromatic N) is 1. The summed E-state index contributed by atoms with van der Waals surface area (Å²) in [5, 5.41) is 0. The number of rotatable bonds is 4. The Hall–Kier alpha value is -0.120. The van der Waals surface area contributed by atoms with Crippen LogP contribution in [-0.4, -0.2) is 43.8 Å². The van der Waals surface area contributed by atoms with Crippen LogP contribution in [0.15, 0.2) is 0 Å². The molecule has 0 aromatic carbocycles. The second-order valence-electron chi connectivity index (χ2n) is 6.02. The Balaban J connectivity index is 1.95. The van der Waals surface area contributed by atoms with Crippen LogP contribution < -0.4 is 5.73 Å². The minimum atomic E-state index is 0.555. The summed E-state index contributed by atoms with van der Waals surface area (Å²) >= 11 is 0. The van der Waals surface area contributed by atoms with E-state index in [1.807, 2.05) is 0 Å². The summed E-state index contributed by atoms with van der Waals surface area (Å²) in [5.41, 5.74) is 6.54. The lowest BCUT2D eigenvalue weighted by Crippen LogP contribution is -2.45. The van der Waals surface area contributed by atoms with Crippen LogP contribution in [0.2, 0.25) is 0 Å². The maximum Gasteiger partial charge on any atom is 0.0471 e. The normalized spacial score (nSPS) is 28.4. The molecule has 3 nitrogen and oxygen atoms in total. The summed E-state index contributed by atoms with van der Waals surface area (Å²) in [6, 6.07) is 0.585. The van der Waals surface area contributed by atoms with Gasteiger partial charge in [-0.3, -0.25) is 4.90 Å². The molecule has 2 rings (SSSR count). The van der Waals surface area contributed by atoms with Crippen LogP contribution in [0.3, 0.4) is 0 Å². The average molecular weight is 240 g/mol. The van der Waals surface area contributed by atoms with Crippen LogP contribution in [0.5, 0.6) is 0 Å². The molecule has 0 bridgehead atoms. The molecule has 3 heteroatoms. The summed E-state index contributed by atoms with van der Waals surface area (Å²) in [5.74, 6) is 0.718. The average Bonchev–Trinajstić information content (AvgIpc) is 2.74. The fourth-order valence-corrected chi connectivity index (χ4v) is 3.48.